The molecule has 0 unspecified atom stereocenters. The smallest absolute Gasteiger partial charge is 0.254 e. The van der Waals surface area contributed by atoms with E-state index < -0.39 is 45.2 Å². The number of hydrogen-bond acceptors (Lipinski definition) is 7. The van der Waals surface area contributed by atoms with E-state index in [1.54, 1.807) is 48.6 Å². The van der Waals surface area contributed by atoms with Crippen molar-refractivity contribution in [1.29, 1.82) is 0 Å². The van der Waals surface area contributed by atoms with Crippen molar-refractivity contribution < 1.29 is 33.8 Å². The molecule has 1 N–H and O–H groups in total. The topological polar surface area (TPSA) is 113 Å². The Morgan fingerprint density at radius 3 is 2.23 bits per heavy atom. The minimum atomic E-state index is -1.91. The number of allylic oxidation sites excluding steroid dienone is 3. The number of halogens is 4. The molecule has 0 aromatic heterocycles. The molecule has 230 valence electrons. The van der Waals surface area contributed by atoms with Crippen LogP contribution < -0.4 is 14.4 Å². The van der Waals surface area contributed by atoms with E-state index in [-0.39, 0.29) is 47.4 Å². The zero-order valence-corrected chi connectivity index (χ0v) is 28.1. The highest BCUT2D eigenvalue weighted by Crippen LogP contribution is 2.63. The predicted octanol–water partition coefficient (Wildman–Crippen LogP) is 5.63. The van der Waals surface area contributed by atoms with E-state index in [0.29, 0.717) is 16.8 Å². The number of methoxy groups -OCH3 is 2. The number of amides is 4. The van der Waals surface area contributed by atoms with E-state index in [4.69, 9.17) is 32.7 Å². The van der Waals surface area contributed by atoms with Crippen molar-refractivity contribution in [1.82, 2.24) is 4.90 Å². The largest absolute Gasteiger partial charge is 0.502 e. The molecular weight excluding hydrogens is 743 g/mol. The van der Waals surface area contributed by atoms with Crippen molar-refractivity contribution in [3.05, 3.63) is 64.2 Å². The van der Waals surface area contributed by atoms with E-state index in [0.717, 1.165) is 9.37 Å². The summed E-state index contributed by atoms with van der Waals surface area (Å²) in [7, 11) is 2.81. The standard InChI is InChI=1S/C31H26Br2Cl2N2O7/c1-43-22-11-15(12-23(44-2)25(22)38)3-10-21-18-8-9-19-24(27(40)37(26(19)39)17-6-4-16(33)5-7-17)20(18)13-30(34)28(41)36(14-32)29(42)31(21,30)35/h3-8,10-12,19-21,24,38H,9,13-14H2,1-2H3/t19-,20+,21-,24-,30+,31-/m0/s1. The van der Waals surface area contributed by atoms with Crippen LogP contribution in [0.25, 0.3) is 6.08 Å². The molecule has 44 heavy (non-hydrogen) atoms. The van der Waals surface area contributed by atoms with E-state index in [2.05, 4.69) is 31.9 Å². The van der Waals surface area contributed by atoms with E-state index in [1.165, 1.54) is 19.1 Å². The maximum Gasteiger partial charge on any atom is 0.254 e. The maximum absolute atomic E-state index is 14.0. The van der Waals surface area contributed by atoms with E-state index in [1.807, 2.05) is 6.08 Å². The Bertz CT molecular complexity index is 1640. The second-order valence-electron chi connectivity index (χ2n) is 11.2. The number of fused-ring (bicyclic) bond motifs is 4. The lowest BCUT2D eigenvalue weighted by Crippen LogP contribution is -2.60. The molecule has 2 aromatic carbocycles. The van der Waals surface area contributed by atoms with Gasteiger partial charge in [-0.3, -0.25) is 29.0 Å². The second kappa shape index (κ2) is 11.2. The number of alkyl halides is 3. The molecule has 3 fully saturated rings. The highest BCUT2D eigenvalue weighted by Gasteiger charge is 2.75. The van der Waals surface area contributed by atoms with Crippen molar-refractivity contribution in [3.63, 3.8) is 0 Å². The number of phenolic OH excluding ortho intramolecular Hbond substituents is 1. The van der Waals surface area contributed by atoms with Gasteiger partial charge in [0.1, 0.15) is 0 Å². The number of ether oxygens (including phenoxy) is 2. The fourth-order valence-corrected chi connectivity index (χ4v) is 8.71. The average Bonchev–Trinajstić information content (AvgIpc) is 3.35. The van der Waals surface area contributed by atoms with Crippen molar-refractivity contribution in [2.75, 3.05) is 24.6 Å². The molecule has 4 aliphatic rings. The highest BCUT2D eigenvalue weighted by molar-refractivity contribution is 9.10. The number of hydrogen-bond donors (Lipinski definition) is 1. The normalized spacial score (nSPS) is 31.3. The number of carbonyl (C=O) groups excluding carboxylic acids is 4. The molecule has 0 radical (unpaired) electrons. The lowest BCUT2D eigenvalue weighted by molar-refractivity contribution is -0.138. The van der Waals surface area contributed by atoms with Crippen LogP contribution in [0, 0.1) is 23.7 Å². The first kappa shape index (κ1) is 31.1. The molecule has 13 heteroatoms. The number of anilines is 1. The predicted molar refractivity (Wildman–Crippen MR) is 171 cm³/mol. The summed E-state index contributed by atoms with van der Waals surface area (Å²) in [4.78, 5) is 53.7. The van der Waals surface area contributed by atoms with Crippen LogP contribution in [0.5, 0.6) is 17.2 Å². The van der Waals surface area contributed by atoms with Crippen LogP contribution in [0.2, 0.25) is 0 Å². The molecule has 6 atom stereocenters. The van der Waals surface area contributed by atoms with Crippen LogP contribution in [-0.2, 0) is 19.2 Å². The van der Waals surface area contributed by atoms with Crippen LogP contribution in [0.3, 0.4) is 0 Å². The molecule has 0 bridgehead atoms. The number of aromatic hydroxyl groups is 1. The van der Waals surface area contributed by atoms with Crippen molar-refractivity contribution >= 4 is 90.5 Å². The molecule has 9 nitrogen and oxygen atoms in total. The summed E-state index contributed by atoms with van der Waals surface area (Å²) in [6.45, 7) is 0. The third-order valence-corrected chi connectivity index (χ3v) is 11.6. The molecule has 2 heterocycles. The quantitative estimate of drug-likeness (QED) is 0.176. The minimum Gasteiger partial charge on any atom is -0.502 e. The van der Waals surface area contributed by atoms with Gasteiger partial charge in [-0.2, -0.15) is 0 Å². The van der Waals surface area contributed by atoms with Crippen LogP contribution in [0.4, 0.5) is 5.69 Å². The highest BCUT2D eigenvalue weighted by atomic mass is 79.9. The first-order chi connectivity index (χ1) is 20.9. The van der Waals surface area contributed by atoms with E-state index in [9.17, 15) is 24.3 Å². The summed E-state index contributed by atoms with van der Waals surface area (Å²) in [5.41, 5.74) is 1.56. The molecular formula is C31H26Br2Cl2N2O7. The van der Waals surface area contributed by atoms with Gasteiger partial charge < -0.3 is 14.6 Å². The summed E-state index contributed by atoms with van der Waals surface area (Å²) in [5.74, 6) is -4.88. The third kappa shape index (κ3) is 4.29. The van der Waals surface area contributed by atoms with Gasteiger partial charge in [0.25, 0.3) is 11.8 Å². The first-order valence-corrected chi connectivity index (χ1v) is 16.4. The fraction of sp³-hybridized carbons (Fsp3) is 0.355. The lowest BCUT2D eigenvalue weighted by atomic mass is 9.57. The zero-order chi connectivity index (χ0) is 31.7. The minimum absolute atomic E-state index is 0.0997. The Morgan fingerprint density at radius 1 is 1.00 bits per heavy atom. The van der Waals surface area contributed by atoms with Crippen LogP contribution >= 0.6 is 55.1 Å². The molecule has 4 amide bonds. The number of carbonyl (C=O) groups is 4. The Morgan fingerprint density at radius 2 is 1.64 bits per heavy atom. The number of rotatable bonds is 6. The number of benzene rings is 2. The summed E-state index contributed by atoms with van der Waals surface area (Å²) in [6.07, 6.45) is 5.38. The SMILES string of the molecule is COc1cc(C=C[C@H]2C3=CC[C@@H]4C(=O)N(c5ccc(Br)cc5)C(=O)[C@@H]4[C@@H]3C[C@@]3(Cl)C(=O)N(CBr)C(=O)[C@@]23Cl)cc(OC)c1O. The zero-order valence-electron chi connectivity index (χ0n) is 23.4. The van der Waals surface area contributed by atoms with Gasteiger partial charge in [-0.1, -0.05) is 55.7 Å². The number of likely N-dealkylation sites (tertiary alicyclic amines) is 1. The van der Waals surface area contributed by atoms with Crippen molar-refractivity contribution in [2.24, 2.45) is 23.7 Å². The van der Waals surface area contributed by atoms with Crippen LogP contribution in [0.1, 0.15) is 18.4 Å². The van der Waals surface area contributed by atoms with E-state index >= 15 is 0 Å². The van der Waals surface area contributed by atoms with Crippen LogP contribution in [0.15, 0.2) is 58.6 Å². The monoisotopic (exact) mass is 766 g/mol. The number of nitrogens with zero attached hydrogens (tertiary/aromatic N) is 2. The second-order valence-corrected chi connectivity index (χ2v) is 13.8. The fourth-order valence-electron chi connectivity index (χ4n) is 7.06. The van der Waals surface area contributed by atoms with Gasteiger partial charge in [-0.25, -0.2) is 0 Å². The van der Waals surface area contributed by atoms with Gasteiger partial charge in [-0.15, -0.1) is 23.2 Å². The molecule has 6 rings (SSSR count). The lowest BCUT2D eigenvalue weighted by Gasteiger charge is -2.49. The third-order valence-electron chi connectivity index (χ3n) is 9.14. The number of imide groups is 2. The summed E-state index contributed by atoms with van der Waals surface area (Å²) in [6, 6.07) is 10.1. The van der Waals surface area contributed by atoms with Gasteiger partial charge in [-0.05, 0) is 60.7 Å². The number of phenols is 1. The van der Waals surface area contributed by atoms with Gasteiger partial charge in [0.2, 0.25) is 17.6 Å². The molecule has 0 spiro atoms. The van der Waals surface area contributed by atoms with Crippen molar-refractivity contribution in [3.8, 4) is 17.2 Å². The van der Waals surface area contributed by atoms with Crippen molar-refractivity contribution in [2.45, 2.75) is 22.6 Å². The van der Waals surface area contributed by atoms with Gasteiger partial charge in [0.15, 0.2) is 21.2 Å². The van der Waals surface area contributed by atoms with Gasteiger partial charge in [0.05, 0.1) is 37.2 Å². The molecule has 2 aliphatic heterocycles. The average molecular weight is 769 g/mol. The Balaban J connectivity index is 1.47. The van der Waals surface area contributed by atoms with Gasteiger partial charge in [0, 0.05) is 10.4 Å². The van der Waals surface area contributed by atoms with Crippen LogP contribution in [-0.4, -0.2) is 63.1 Å². The summed E-state index contributed by atoms with van der Waals surface area (Å²) >= 11 is 21.0. The Hall–Kier alpha value is -2.86. The first-order valence-electron chi connectivity index (χ1n) is 13.7. The molecule has 2 aliphatic carbocycles. The molecule has 1 saturated carbocycles. The molecule has 2 saturated heterocycles. The summed E-state index contributed by atoms with van der Waals surface area (Å²) in [5, 5.41) is 10.4. The Kier molecular flexibility index (Phi) is 7.92. The summed E-state index contributed by atoms with van der Waals surface area (Å²) < 4.78 is 11.4. The maximum atomic E-state index is 14.0. The van der Waals surface area contributed by atoms with Gasteiger partial charge >= 0.3 is 0 Å². The molecule has 2 aromatic rings. The Labute approximate surface area is 280 Å².